The molecule has 0 saturated carbocycles. The third-order valence-electron chi connectivity index (χ3n) is 5.75. The minimum atomic E-state index is -0.0703. The first-order chi connectivity index (χ1) is 15.0. The lowest BCUT2D eigenvalue weighted by Crippen LogP contribution is -2.38. The van der Waals surface area contributed by atoms with E-state index in [0.717, 1.165) is 43.7 Å². The first-order valence-electron chi connectivity index (χ1n) is 11.2. The van der Waals surface area contributed by atoms with Crippen LogP contribution in [0.25, 0.3) is 0 Å². The van der Waals surface area contributed by atoms with Crippen molar-refractivity contribution in [2.45, 2.75) is 46.2 Å². The van der Waals surface area contributed by atoms with E-state index in [2.05, 4.69) is 31.0 Å². The number of carbonyl (C=O) groups is 2. The fourth-order valence-electron chi connectivity index (χ4n) is 3.81. The molecule has 0 unspecified atom stereocenters. The molecule has 1 atom stereocenters. The van der Waals surface area contributed by atoms with Crippen molar-refractivity contribution in [2.75, 3.05) is 31.1 Å². The van der Waals surface area contributed by atoms with Crippen LogP contribution in [-0.2, 0) is 11.3 Å². The Morgan fingerprint density at radius 3 is 2.55 bits per heavy atom. The highest BCUT2D eigenvalue weighted by atomic mass is 16.5. The first kappa shape index (κ1) is 22.8. The van der Waals surface area contributed by atoms with E-state index >= 15 is 0 Å². The molecule has 2 aromatic carbocycles. The standard InChI is InChI=1S/C25H33N3O3/c1-4-27(5-2)16-8-9-19(3)26-25(30)21-14-12-20(13-15-21)17-28-22-10-6-7-11-23(22)31-18-24(28)29/h6-7,10-15,19H,4-5,8-9,16-18H2,1-3H3,(H,26,30)/t19-/m1/s1. The molecular weight excluding hydrogens is 390 g/mol. The Balaban J connectivity index is 1.54. The normalized spacial score (nSPS) is 14.2. The van der Waals surface area contributed by atoms with Gasteiger partial charge in [0.25, 0.3) is 11.8 Å². The third-order valence-corrected chi connectivity index (χ3v) is 5.75. The predicted octanol–water partition coefficient (Wildman–Crippen LogP) is 3.85. The van der Waals surface area contributed by atoms with Crippen LogP contribution >= 0.6 is 0 Å². The smallest absolute Gasteiger partial charge is 0.265 e. The van der Waals surface area contributed by atoms with Gasteiger partial charge < -0.3 is 19.9 Å². The van der Waals surface area contributed by atoms with Gasteiger partial charge in [0, 0.05) is 11.6 Å². The largest absolute Gasteiger partial charge is 0.482 e. The zero-order chi connectivity index (χ0) is 22.2. The molecule has 1 N–H and O–H groups in total. The van der Waals surface area contributed by atoms with Gasteiger partial charge >= 0.3 is 0 Å². The van der Waals surface area contributed by atoms with Crippen LogP contribution in [0.3, 0.4) is 0 Å². The van der Waals surface area contributed by atoms with E-state index in [0.29, 0.717) is 17.9 Å². The SMILES string of the molecule is CCN(CC)CCC[C@@H](C)NC(=O)c1ccc(CN2C(=O)COc3ccccc32)cc1. The van der Waals surface area contributed by atoms with Crippen molar-refractivity contribution < 1.29 is 14.3 Å². The summed E-state index contributed by atoms with van der Waals surface area (Å²) >= 11 is 0. The number of amides is 2. The molecule has 6 heteroatoms. The second-order valence-corrected chi connectivity index (χ2v) is 7.98. The number of carbonyl (C=O) groups excluding carboxylic acids is 2. The summed E-state index contributed by atoms with van der Waals surface area (Å²) < 4.78 is 5.50. The topological polar surface area (TPSA) is 61.9 Å². The van der Waals surface area contributed by atoms with Crippen LogP contribution in [0.1, 0.15) is 49.5 Å². The quantitative estimate of drug-likeness (QED) is 0.631. The zero-order valence-corrected chi connectivity index (χ0v) is 18.8. The summed E-state index contributed by atoms with van der Waals surface area (Å²) in [5.74, 6) is 0.585. The number of hydrogen-bond donors (Lipinski definition) is 1. The predicted molar refractivity (Wildman–Crippen MR) is 124 cm³/mol. The van der Waals surface area contributed by atoms with E-state index in [1.165, 1.54) is 0 Å². The van der Waals surface area contributed by atoms with Gasteiger partial charge in [0.2, 0.25) is 0 Å². The summed E-state index contributed by atoms with van der Waals surface area (Å²) in [7, 11) is 0. The van der Waals surface area contributed by atoms with Gasteiger partial charge in [-0.2, -0.15) is 0 Å². The van der Waals surface area contributed by atoms with Crippen molar-refractivity contribution >= 4 is 17.5 Å². The van der Waals surface area contributed by atoms with Gasteiger partial charge in [0.05, 0.1) is 12.2 Å². The molecular formula is C25H33N3O3. The molecule has 6 nitrogen and oxygen atoms in total. The van der Waals surface area contributed by atoms with Crippen molar-refractivity contribution in [2.24, 2.45) is 0 Å². The molecule has 0 fully saturated rings. The molecule has 166 valence electrons. The van der Waals surface area contributed by atoms with Gasteiger partial charge in [0.15, 0.2) is 6.61 Å². The number of hydrogen-bond acceptors (Lipinski definition) is 4. The lowest BCUT2D eigenvalue weighted by molar-refractivity contribution is -0.121. The van der Waals surface area contributed by atoms with Crippen LogP contribution in [0.2, 0.25) is 0 Å². The average Bonchev–Trinajstić information content (AvgIpc) is 2.79. The van der Waals surface area contributed by atoms with Crippen LogP contribution in [0.15, 0.2) is 48.5 Å². The second-order valence-electron chi connectivity index (χ2n) is 7.98. The maximum Gasteiger partial charge on any atom is 0.265 e. The van der Waals surface area contributed by atoms with Gasteiger partial charge in [-0.1, -0.05) is 38.1 Å². The average molecular weight is 424 g/mol. The number of rotatable bonds is 10. The maximum atomic E-state index is 12.6. The highest BCUT2D eigenvalue weighted by Gasteiger charge is 2.25. The van der Waals surface area contributed by atoms with E-state index in [1.54, 1.807) is 4.90 Å². The Hall–Kier alpha value is -2.86. The molecule has 31 heavy (non-hydrogen) atoms. The Kier molecular flexibility index (Phi) is 8.06. The van der Waals surface area contributed by atoms with Gasteiger partial charge in [0.1, 0.15) is 5.75 Å². The molecule has 1 aliphatic heterocycles. The number of para-hydroxylation sites is 2. The summed E-state index contributed by atoms with van der Waals surface area (Å²) in [5.41, 5.74) is 2.38. The Morgan fingerprint density at radius 1 is 1.13 bits per heavy atom. The van der Waals surface area contributed by atoms with E-state index < -0.39 is 0 Å². The Morgan fingerprint density at radius 2 is 1.84 bits per heavy atom. The van der Waals surface area contributed by atoms with Gasteiger partial charge in [-0.15, -0.1) is 0 Å². The number of ether oxygens (including phenoxy) is 1. The minimum absolute atomic E-state index is 0.0453. The second kappa shape index (κ2) is 11.0. The van der Waals surface area contributed by atoms with Gasteiger partial charge in [-0.25, -0.2) is 0 Å². The van der Waals surface area contributed by atoms with E-state index in [1.807, 2.05) is 48.5 Å². The molecule has 1 aliphatic rings. The van der Waals surface area contributed by atoms with E-state index in [4.69, 9.17) is 4.74 Å². The molecule has 0 radical (unpaired) electrons. The van der Waals surface area contributed by atoms with Crippen LogP contribution in [0, 0.1) is 0 Å². The Labute approximate surface area is 185 Å². The van der Waals surface area contributed by atoms with Crippen molar-refractivity contribution in [1.29, 1.82) is 0 Å². The molecule has 0 bridgehead atoms. The van der Waals surface area contributed by atoms with E-state index in [-0.39, 0.29) is 24.5 Å². The molecule has 0 saturated heterocycles. The van der Waals surface area contributed by atoms with E-state index in [9.17, 15) is 9.59 Å². The summed E-state index contributed by atoms with van der Waals surface area (Å²) in [6.07, 6.45) is 2.02. The molecule has 1 heterocycles. The highest BCUT2D eigenvalue weighted by Crippen LogP contribution is 2.32. The monoisotopic (exact) mass is 423 g/mol. The number of nitrogens with zero attached hydrogens (tertiary/aromatic N) is 2. The van der Waals surface area contributed by atoms with Crippen LogP contribution in [-0.4, -0.2) is 49.0 Å². The van der Waals surface area contributed by atoms with Gasteiger partial charge in [-0.05, 0) is 69.2 Å². The molecule has 2 aromatic rings. The molecule has 3 rings (SSSR count). The number of anilines is 1. The Bertz CT molecular complexity index is 878. The summed E-state index contributed by atoms with van der Waals surface area (Å²) in [4.78, 5) is 29.1. The summed E-state index contributed by atoms with van der Waals surface area (Å²) in [6.45, 7) is 10.1. The molecule has 0 aliphatic carbocycles. The highest BCUT2D eigenvalue weighted by molar-refractivity contribution is 5.98. The third kappa shape index (κ3) is 6.07. The van der Waals surface area contributed by atoms with Crippen LogP contribution in [0.5, 0.6) is 5.75 Å². The minimum Gasteiger partial charge on any atom is -0.482 e. The number of benzene rings is 2. The van der Waals surface area contributed by atoms with Crippen molar-refractivity contribution in [1.82, 2.24) is 10.2 Å². The maximum absolute atomic E-state index is 12.6. The first-order valence-corrected chi connectivity index (χ1v) is 11.2. The summed E-state index contributed by atoms with van der Waals surface area (Å²) in [5, 5.41) is 3.09. The van der Waals surface area contributed by atoms with Crippen molar-refractivity contribution in [3.8, 4) is 5.75 Å². The van der Waals surface area contributed by atoms with Crippen LogP contribution in [0.4, 0.5) is 5.69 Å². The molecule has 2 amide bonds. The number of fused-ring (bicyclic) bond motifs is 1. The fourth-order valence-corrected chi connectivity index (χ4v) is 3.81. The van der Waals surface area contributed by atoms with Crippen LogP contribution < -0.4 is 15.0 Å². The lowest BCUT2D eigenvalue weighted by Gasteiger charge is -2.29. The zero-order valence-electron chi connectivity index (χ0n) is 18.8. The molecule has 0 spiro atoms. The number of nitrogens with one attached hydrogen (secondary N) is 1. The van der Waals surface area contributed by atoms with Crippen molar-refractivity contribution in [3.05, 3.63) is 59.7 Å². The van der Waals surface area contributed by atoms with Gasteiger partial charge in [-0.3, -0.25) is 9.59 Å². The lowest BCUT2D eigenvalue weighted by atomic mass is 10.1. The fraction of sp³-hybridized carbons (Fsp3) is 0.440. The summed E-state index contributed by atoms with van der Waals surface area (Å²) in [6, 6.07) is 15.1. The van der Waals surface area contributed by atoms with Crippen molar-refractivity contribution in [3.63, 3.8) is 0 Å². The molecule has 0 aromatic heterocycles.